The van der Waals surface area contributed by atoms with Crippen LogP contribution in [0.5, 0.6) is 11.5 Å². The number of furan rings is 1. The molecule has 114 valence electrons. The lowest BCUT2D eigenvalue weighted by Crippen LogP contribution is -2.34. The summed E-state index contributed by atoms with van der Waals surface area (Å²) >= 11 is 0. The smallest absolute Gasteiger partial charge is 0.136 e. The number of benzene rings is 1. The van der Waals surface area contributed by atoms with Gasteiger partial charge in [-0.2, -0.15) is 0 Å². The third-order valence-corrected chi connectivity index (χ3v) is 3.34. The molecular formula is C16H21NO4. The Labute approximate surface area is 124 Å². The summed E-state index contributed by atoms with van der Waals surface area (Å²) in [6.07, 6.45) is 0. The van der Waals surface area contributed by atoms with E-state index in [0.29, 0.717) is 30.2 Å². The largest absolute Gasteiger partial charge is 0.508 e. The molecule has 0 aliphatic carbocycles. The van der Waals surface area contributed by atoms with Crippen molar-refractivity contribution in [3.8, 4) is 11.5 Å². The van der Waals surface area contributed by atoms with Crippen LogP contribution in [0.2, 0.25) is 0 Å². The van der Waals surface area contributed by atoms with Crippen LogP contribution in [0.25, 0.3) is 0 Å². The SMILES string of the molecule is COc1ccc(O)c(CNCC(C)(O)c2ccc(C)o2)c1. The van der Waals surface area contributed by atoms with Gasteiger partial charge in [0.2, 0.25) is 0 Å². The van der Waals surface area contributed by atoms with Crippen molar-refractivity contribution in [2.45, 2.75) is 26.0 Å². The molecule has 0 bridgehead atoms. The van der Waals surface area contributed by atoms with Gasteiger partial charge in [-0.05, 0) is 44.2 Å². The van der Waals surface area contributed by atoms with Gasteiger partial charge in [-0.15, -0.1) is 0 Å². The molecule has 5 nitrogen and oxygen atoms in total. The van der Waals surface area contributed by atoms with Gasteiger partial charge in [0.1, 0.15) is 28.6 Å². The van der Waals surface area contributed by atoms with Crippen LogP contribution in [0.1, 0.15) is 24.0 Å². The molecule has 0 amide bonds. The Bertz CT molecular complexity index is 604. The standard InChI is InChI=1S/C16H21NO4/c1-11-4-7-15(21-11)16(2,19)10-17-9-12-8-13(20-3)5-6-14(12)18/h4-8,17-19H,9-10H2,1-3H3. The summed E-state index contributed by atoms with van der Waals surface area (Å²) < 4.78 is 10.6. The maximum Gasteiger partial charge on any atom is 0.136 e. The first-order valence-electron chi connectivity index (χ1n) is 6.78. The van der Waals surface area contributed by atoms with Crippen LogP contribution in [0.3, 0.4) is 0 Å². The minimum absolute atomic E-state index is 0.191. The Kier molecular flexibility index (Phi) is 4.55. The van der Waals surface area contributed by atoms with E-state index < -0.39 is 5.60 Å². The van der Waals surface area contributed by atoms with E-state index in [4.69, 9.17) is 9.15 Å². The number of hydrogen-bond donors (Lipinski definition) is 3. The average Bonchev–Trinajstić information content (AvgIpc) is 2.88. The van der Waals surface area contributed by atoms with Crippen molar-refractivity contribution in [2.75, 3.05) is 13.7 Å². The number of phenolic OH excluding ortho intramolecular Hbond substituents is 1. The van der Waals surface area contributed by atoms with Crippen molar-refractivity contribution in [2.24, 2.45) is 0 Å². The first kappa shape index (κ1) is 15.4. The van der Waals surface area contributed by atoms with Crippen LogP contribution in [0.15, 0.2) is 34.7 Å². The van der Waals surface area contributed by atoms with Crippen LogP contribution in [0, 0.1) is 6.92 Å². The predicted octanol–water partition coefficient (Wildman–Crippen LogP) is 2.30. The molecule has 1 atom stereocenters. The summed E-state index contributed by atoms with van der Waals surface area (Å²) in [6.45, 7) is 4.24. The summed E-state index contributed by atoms with van der Waals surface area (Å²) in [7, 11) is 1.58. The highest BCUT2D eigenvalue weighted by molar-refractivity contribution is 5.39. The van der Waals surface area contributed by atoms with E-state index in [9.17, 15) is 10.2 Å². The molecule has 0 fully saturated rings. The Morgan fingerprint density at radius 2 is 2.05 bits per heavy atom. The second-order valence-electron chi connectivity index (χ2n) is 5.28. The van der Waals surface area contributed by atoms with Crippen LogP contribution in [-0.4, -0.2) is 23.9 Å². The number of rotatable bonds is 6. The zero-order chi connectivity index (χ0) is 15.5. The van der Waals surface area contributed by atoms with Crippen molar-refractivity contribution in [3.05, 3.63) is 47.4 Å². The molecule has 0 aliphatic heterocycles. The quantitative estimate of drug-likeness (QED) is 0.761. The summed E-state index contributed by atoms with van der Waals surface area (Å²) in [5.41, 5.74) is -0.399. The van der Waals surface area contributed by atoms with E-state index in [1.807, 2.05) is 13.0 Å². The van der Waals surface area contributed by atoms with Crippen molar-refractivity contribution < 1.29 is 19.4 Å². The second kappa shape index (κ2) is 6.20. The Morgan fingerprint density at radius 3 is 2.67 bits per heavy atom. The lowest BCUT2D eigenvalue weighted by atomic mass is 10.0. The van der Waals surface area contributed by atoms with E-state index in [2.05, 4.69) is 5.32 Å². The topological polar surface area (TPSA) is 74.9 Å². The van der Waals surface area contributed by atoms with Crippen molar-refractivity contribution in [1.82, 2.24) is 5.32 Å². The summed E-state index contributed by atoms with van der Waals surface area (Å²) in [5.74, 6) is 2.15. The summed E-state index contributed by atoms with van der Waals surface area (Å²) in [4.78, 5) is 0. The first-order valence-corrected chi connectivity index (χ1v) is 6.78. The van der Waals surface area contributed by atoms with Gasteiger partial charge in [-0.3, -0.25) is 0 Å². The first-order chi connectivity index (χ1) is 9.92. The zero-order valence-corrected chi connectivity index (χ0v) is 12.5. The summed E-state index contributed by atoms with van der Waals surface area (Å²) in [5, 5.41) is 23.3. The fraction of sp³-hybridized carbons (Fsp3) is 0.375. The van der Waals surface area contributed by atoms with Gasteiger partial charge >= 0.3 is 0 Å². The molecule has 1 aromatic heterocycles. The van der Waals surface area contributed by atoms with E-state index in [1.165, 1.54) is 0 Å². The van der Waals surface area contributed by atoms with Gasteiger partial charge in [0.25, 0.3) is 0 Å². The van der Waals surface area contributed by atoms with Gasteiger partial charge < -0.3 is 24.7 Å². The molecule has 3 N–H and O–H groups in total. The van der Waals surface area contributed by atoms with Gasteiger partial charge in [0.15, 0.2) is 0 Å². The van der Waals surface area contributed by atoms with Gasteiger partial charge in [-0.1, -0.05) is 0 Å². The van der Waals surface area contributed by atoms with Crippen LogP contribution < -0.4 is 10.1 Å². The van der Waals surface area contributed by atoms with Gasteiger partial charge in [-0.25, -0.2) is 0 Å². The fourth-order valence-corrected chi connectivity index (χ4v) is 2.08. The van der Waals surface area contributed by atoms with Gasteiger partial charge in [0.05, 0.1) is 7.11 Å². The lowest BCUT2D eigenvalue weighted by Gasteiger charge is -2.21. The van der Waals surface area contributed by atoms with Crippen molar-refractivity contribution in [1.29, 1.82) is 0 Å². The lowest BCUT2D eigenvalue weighted by molar-refractivity contribution is 0.0332. The van der Waals surface area contributed by atoms with Crippen molar-refractivity contribution >= 4 is 0 Å². The number of ether oxygens (including phenoxy) is 1. The second-order valence-corrected chi connectivity index (χ2v) is 5.28. The Hall–Kier alpha value is -1.98. The van der Waals surface area contributed by atoms with E-state index in [1.54, 1.807) is 38.3 Å². The van der Waals surface area contributed by atoms with Gasteiger partial charge in [0, 0.05) is 18.7 Å². The van der Waals surface area contributed by atoms with Crippen molar-refractivity contribution in [3.63, 3.8) is 0 Å². The molecule has 0 spiro atoms. The molecule has 2 aromatic rings. The minimum Gasteiger partial charge on any atom is -0.508 e. The normalized spacial score (nSPS) is 13.9. The average molecular weight is 291 g/mol. The molecule has 0 aliphatic rings. The van der Waals surface area contributed by atoms with E-state index >= 15 is 0 Å². The number of aliphatic hydroxyl groups is 1. The highest BCUT2D eigenvalue weighted by Crippen LogP contribution is 2.24. The monoisotopic (exact) mass is 291 g/mol. The number of hydrogen-bond acceptors (Lipinski definition) is 5. The molecule has 0 saturated carbocycles. The molecular weight excluding hydrogens is 270 g/mol. The molecule has 5 heteroatoms. The Morgan fingerprint density at radius 1 is 1.29 bits per heavy atom. The molecule has 1 heterocycles. The molecule has 21 heavy (non-hydrogen) atoms. The molecule has 1 aromatic carbocycles. The van der Waals surface area contributed by atoms with E-state index in [0.717, 1.165) is 5.76 Å². The van der Waals surface area contributed by atoms with Crippen LogP contribution >= 0.6 is 0 Å². The Balaban J connectivity index is 1.98. The number of phenols is 1. The number of nitrogens with one attached hydrogen (secondary N) is 1. The number of aryl methyl sites for hydroxylation is 1. The number of aromatic hydroxyl groups is 1. The summed E-state index contributed by atoms with van der Waals surface area (Å²) in [6, 6.07) is 8.62. The highest BCUT2D eigenvalue weighted by Gasteiger charge is 2.26. The van der Waals surface area contributed by atoms with Crippen LogP contribution in [0.4, 0.5) is 0 Å². The van der Waals surface area contributed by atoms with E-state index in [-0.39, 0.29) is 5.75 Å². The molecule has 1 unspecified atom stereocenters. The fourth-order valence-electron chi connectivity index (χ4n) is 2.08. The molecule has 0 saturated heterocycles. The van der Waals surface area contributed by atoms with Crippen LogP contribution in [-0.2, 0) is 12.1 Å². The highest BCUT2D eigenvalue weighted by atomic mass is 16.5. The predicted molar refractivity (Wildman–Crippen MR) is 79.4 cm³/mol. The third kappa shape index (κ3) is 3.77. The molecule has 0 radical (unpaired) electrons. The third-order valence-electron chi connectivity index (χ3n) is 3.34. The maximum atomic E-state index is 10.4. The zero-order valence-electron chi connectivity index (χ0n) is 12.5. The minimum atomic E-state index is -1.11. The number of methoxy groups -OCH3 is 1. The molecule has 2 rings (SSSR count). The maximum absolute atomic E-state index is 10.4.